The first-order chi connectivity index (χ1) is 30.3. The molecule has 0 unspecified atom stereocenters. The average Bonchev–Trinajstić information content (AvgIpc) is 3.92. The van der Waals surface area contributed by atoms with Gasteiger partial charge in [-0.1, -0.05) is 140 Å². The quantitative estimate of drug-likeness (QED) is 0.162. The molecule has 0 N–H and O–H groups in total. The second-order valence-electron chi connectivity index (χ2n) is 17.5. The number of hydrogen-bond donors (Lipinski definition) is 0. The fraction of sp³-hybridized carbons (Fsp3) is 0.0847. The highest BCUT2D eigenvalue weighted by Gasteiger charge is 2.35. The van der Waals surface area contributed by atoms with Crippen molar-refractivity contribution in [2.75, 3.05) is 4.90 Å². The van der Waals surface area contributed by atoms with Crippen LogP contribution in [0.1, 0.15) is 36.1 Å². The predicted molar refractivity (Wildman–Crippen MR) is 266 cm³/mol. The summed E-state index contributed by atoms with van der Waals surface area (Å²) in [6.07, 6.45) is 0. The molecule has 11 aromatic rings. The molecule has 9 aromatic carbocycles. The zero-order valence-corrected chi connectivity index (χ0v) is 36.1. The van der Waals surface area contributed by atoms with Gasteiger partial charge in [-0.2, -0.15) is 0 Å². The summed E-state index contributed by atoms with van der Waals surface area (Å²) in [5.74, 6) is 0. The second-order valence-corrected chi connectivity index (χ2v) is 18.6. The van der Waals surface area contributed by atoms with E-state index in [1.54, 1.807) is 0 Å². The smallest absolute Gasteiger partial charge is 0.0547 e. The molecule has 2 aromatic heterocycles. The molecule has 0 saturated carbocycles. The predicted octanol–water partition coefficient (Wildman–Crippen LogP) is 16.9. The zero-order valence-electron chi connectivity index (χ0n) is 35.3. The third-order valence-corrected chi connectivity index (χ3v) is 14.5. The first kappa shape index (κ1) is 36.6. The highest BCUT2D eigenvalue weighted by Crippen LogP contribution is 2.50. The molecule has 1 aliphatic carbocycles. The van der Waals surface area contributed by atoms with Gasteiger partial charge in [-0.15, -0.1) is 11.3 Å². The Labute approximate surface area is 366 Å². The van der Waals surface area contributed by atoms with Gasteiger partial charge in [-0.25, -0.2) is 0 Å². The van der Waals surface area contributed by atoms with Crippen molar-refractivity contribution in [1.82, 2.24) is 4.57 Å². The van der Waals surface area contributed by atoms with E-state index in [2.05, 4.69) is 231 Å². The first-order valence-electron chi connectivity index (χ1n) is 21.6. The normalized spacial score (nSPS) is 13.0. The minimum atomic E-state index is -0.0433. The molecule has 2 heterocycles. The lowest BCUT2D eigenvalue weighted by atomic mass is 9.81. The Kier molecular flexibility index (Phi) is 8.23. The fourth-order valence-corrected chi connectivity index (χ4v) is 11.2. The van der Waals surface area contributed by atoms with Crippen molar-refractivity contribution in [3.05, 3.63) is 216 Å². The molecule has 0 bridgehead atoms. The maximum absolute atomic E-state index is 2.45. The van der Waals surface area contributed by atoms with Crippen molar-refractivity contribution in [3.63, 3.8) is 0 Å². The number of nitrogens with zero attached hydrogens (tertiary/aromatic N) is 2. The van der Waals surface area contributed by atoms with Gasteiger partial charge in [-0.05, 0) is 137 Å². The largest absolute Gasteiger partial charge is 0.311 e. The maximum Gasteiger partial charge on any atom is 0.0547 e. The SMILES string of the molecule is Cc1ccc(N(c2ccc(-c3ccc4c(c3)C(C)(C)c3cc(C)ccc3-4)cc2)c2ccc(-c3cccc4c3c3ccccc3n4-c3ccc4sc5ccccc5c4c3)cc2)cc1. The molecule has 3 heteroatoms. The fourth-order valence-electron chi connectivity index (χ4n) is 10.2. The Morgan fingerprint density at radius 3 is 1.76 bits per heavy atom. The molecule has 12 rings (SSSR count). The number of aryl methyl sites for hydroxylation is 2. The first-order valence-corrected chi connectivity index (χ1v) is 22.4. The lowest BCUT2D eigenvalue weighted by Gasteiger charge is -2.26. The molecule has 0 atom stereocenters. The van der Waals surface area contributed by atoms with Crippen LogP contribution in [0.4, 0.5) is 17.1 Å². The molecule has 0 spiro atoms. The number of para-hydroxylation sites is 1. The summed E-state index contributed by atoms with van der Waals surface area (Å²) >= 11 is 1.86. The van der Waals surface area contributed by atoms with Crippen molar-refractivity contribution in [3.8, 4) is 39.1 Å². The van der Waals surface area contributed by atoms with E-state index in [1.807, 2.05) is 11.3 Å². The molecule has 0 amide bonds. The van der Waals surface area contributed by atoms with Crippen LogP contribution < -0.4 is 4.90 Å². The second kappa shape index (κ2) is 13.9. The van der Waals surface area contributed by atoms with Gasteiger partial charge in [0.15, 0.2) is 0 Å². The highest BCUT2D eigenvalue weighted by molar-refractivity contribution is 7.25. The van der Waals surface area contributed by atoms with Crippen LogP contribution in [0.25, 0.3) is 81.0 Å². The molecule has 0 radical (unpaired) electrons. The summed E-state index contributed by atoms with van der Waals surface area (Å²) < 4.78 is 5.09. The van der Waals surface area contributed by atoms with Crippen LogP contribution in [0.15, 0.2) is 194 Å². The number of thiophene rings is 1. The van der Waals surface area contributed by atoms with Gasteiger partial charge in [0.25, 0.3) is 0 Å². The number of fused-ring (bicyclic) bond motifs is 9. The van der Waals surface area contributed by atoms with Gasteiger partial charge in [0.05, 0.1) is 11.0 Å². The lowest BCUT2D eigenvalue weighted by molar-refractivity contribution is 0.660. The van der Waals surface area contributed by atoms with Crippen molar-refractivity contribution in [2.45, 2.75) is 33.1 Å². The maximum atomic E-state index is 2.45. The Morgan fingerprint density at radius 2 is 1.00 bits per heavy atom. The van der Waals surface area contributed by atoms with E-state index in [9.17, 15) is 0 Å². The summed E-state index contributed by atoms with van der Waals surface area (Å²) in [7, 11) is 0. The van der Waals surface area contributed by atoms with E-state index < -0.39 is 0 Å². The molecule has 0 saturated heterocycles. The van der Waals surface area contributed by atoms with Crippen molar-refractivity contribution in [2.24, 2.45) is 0 Å². The number of hydrogen-bond acceptors (Lipinski definition) is 2. The van der Waals surface area contributed by atoms with E-state index in [-0.39, 0.29) is 5.41 Å². The summed E-state index contributed by atoms with van der Waals surface area (Å²) in [4.78, 5) is 2.37. The van der Waals surface area contributed by atoms with Gasteiger partial charge in [-0.3, -0.25) is 0 Å². The van der Waals surface area contributed by atoms with Crippen LogP contribution in [0.2, 0.25) is 0 Å². The Bertz CT molecular complexity index is 3550. The summed E-state index contributed by atoms with van der Waals surface area (Å²) in [5.41, 5.74) is 19.9. The third kappa shape index (κ3) is 5.69. The molecule has 1 aliphatic rings. The Hall–Kier alpha value is -7.20. The van der Waals surface area contributed by atoms with Gasteiger partial charge in [0.2, 0.25) is 0 Å². The monoisotopic (exact) mass is 812 g/mol. The summed E-state index contributed by atoms with van der Waals surface area (Å²) in [6.45, 7) is 9.06. The van der Waals surface area contributed by atoms with Gasteiger partial charge in [0, 0.05) is 59.1 Å². The van der Waals surface area contributed by atoms with Gasteiger partial charge >= 0.3 is 0 Å². The minimum absolute atomic E-state index is 0.0433. The van der Waals surface area contributed by atoms with Crippen LogP contribution >= 0.6 is 11.3 Å². The summed E-state index contributed by atoms with van der Waals surface area (Å²) in [6, 6.07) is 72.3. The third-order valence-electron chi connectivity index (χ3n) is 13.3. The molecule has 62 heavy (non-hydrogen) atoms. The molecular formula is C59H44N2S. The molecule has 2 nitrogen and oxygen atoms in total. The van der Waals surface area contributed by atoms with Crippen molar-refractivity contribution in [1.29, 1.82) is 0 Å². The van der Waals surface area contributed by atoms with Crippen LogP contribution in [0, 0.1) is 13.8 Å². The minimum Gasteiger partial charge on any atom is -0.311 e. The van der Waals surface area contributed by atoms with E-state index >= 15 is 0 Å². The number of rotatable bonds is 6. The van der Waals surface area contributed by atoms with Gasteiger partial charge < -0.3 is 9.47 Å². The molecular weight excluding hydrogens is 769 g/mol. The average molecular weight is 813 g/mol. The van der Waals surface area contributed by atoms with Gasteiger partial charge in [0.1, 0.15) is 0 Å². The van der Waals surface area contributed by atoms with Crippen LogP contribution in [0.3, 0.4) is 0 Å². The topological polar surface area (TPSA) is 8.17 Å². The van der Waals surface area contributed by atoms with E-state index in [1.165, 1.54) is 103 Å². The molecule has 0 fully saturated rings. The number of benzene rings is 9. The van der Waals surface area contributed by atoms with E-state index in [0.717, 1.165) is 17.1 Å². The molecule has 0 aliphatic heterocycles. The van der Waals surface area contributed by atoms with Crippen molar-refractivity contribution >= 4 is 70.4 Å². The Morgan fingerprint density at radius 1 is 0.419 bits per heavy atom. The van der Waals surface area contributed by atoms with E-state index in [4.69, 9.17) is 0 Å². The van der Waals surface area contributed by atoms with Crippen LogP contribution in [-0.2, 0) is 5.41 Å². The molecule has 296 valence electrons. The standard InChI is InChI=1S/C59H44N2S/c1-37-16-24-42(25-17-37)60(43-26-19-39(20-27-43)41-23-32-48-47-31-18-38(2)34-52(47)59(3,4)53(48)35-41)44-28-21-40(22-29-44)46-12-9-14-55-58(46)50-11-5-7-13-54(50)61(55)45-30-33-57-51(36-45)49-10-6-8-15-56(49)62-57/h5-36H,1-4H3. The van der Waals surface area contributed by atoms with Crippen LogP contribution in [0.5, 0.6) is 0 Å². The number of aromatic nitrogens is 1. The highest BCUT2D eigenvalue weighted by atomic mass is 32.1. The zero-order chi connectivity index (χ0) is 41.7. The number of anilines is 3. The van der Waals surface area contributed by atoms with E-state index in [0.29, 0.717) is 0 Å². The van der Waals surface area contributed by atoms with Crippen molar-refractivity contribution < 1.29 is 0 Å². The lowest BCUT2D eigenvalue weighted by Crippen LogP contribution is -2.15. The van der Waals surface area contributed by atoms with Crippen LogP contribution in [-0.4, -0.2) is 4.57 Å². The Balaban J connectivity index is 0.922. The summed E-state index contributed by atoms with van der Waals surface area (Å²) in [5, 5.41) is 5.15.